The van der Waals surface area contributed by atoms with Gasteiger partial charge in [-0.3, -0.25) is 0 Å². The molecule has 0 amide bonds. The van der Waals surface area contributed by atoms with E-state index in [0.29, 0.717) is 11.4 Å². The van der Waals surface area contributed by atoms with Crippen molar-refractivity contribution in [2.45, 2.75) is 12.6 Å². The summed E-state index contributed by atoms with van der Waals surface area (Å²) < 4.78 is 61.4. The standard InChI is InChI=1S/C11H14ClF3N2O2S/c1-17(20(18,19)16-8-11(13,14)15)7-6-9-2-4-10(12)5-3-9/h2-5,16H,6-8H2,1H3. The average Bonchev–Trinajstić information content (AvgIpc) is 2.34. The molecule has 0 fully saturated rings. The van der Waals surface area contributed by atoms with Gasteiger partial charge in [-0.15, -0.1) is 0 Å². The summed E-state index contributed by atoms with van der Waals surface area (Å²) in [6, 6.07) is 6.78. The Balaban J connectivity index is 2.52. The number of rotatable bonds is 6. The van der Waals surface area contributed by atoms with Crippen LogP contribution in [0.15, 0.2) is 24.3 Å². The molecule has 0 radical (unpaired) electrons. The van der Waals surface area contributed by atoms with Crippen molar-refractivity contribution < 1.29 is 21.6 Å². The minimum Gasteiger partial charge on any atom is -0.195 e. The zero-order valence-corrected chi connectivity index (χ0v) is 12.2. The third kappa shape index (κ3) is 6.08. The molecule has 0 spiro atoms. The van der Waals surface area contributed by atoms with E-state index in [1.54, 1.807) is 24.3 Å². The van der Waals surface area contributed by atoms with E-state index < -0.39 is 22.9 Å². The second kappa shape index (κ2) is 6.75. The summed E-state index contributed by atoms with van der Waals surface area (Å²) in [6.45, 7) is -1.52. The maximum absolute atomic E-state index is 12.0. The molecule has 0 heterocycles. The third-order valence-corrected chi connectivity index (χ3v) is 4.26. The molecule has 114 valence electrons. The number of nitrogens with one attached hydrogen (secondary N) is 1. The summed E-state index contributed by atoms with van der Waals surface area (Å²) in [5.41, 5.74) is 0.840. The van der Waals surface area contributed by atoms with Crippen LogP contribution in [0.2, 0.25) is 5.02 Å². The molecule has 1 aromatic carbocycles. The monoisotopic (exact) mass is 330 g/mol. The normalized spacial score (nSPS) is 12.9. The molecule has 0 bridgehead atoms. The number of alkyl halides is 3. The lowest BCUT2D eigenvalue weighted by atomic mass is 10.1. The van der Waals surface area contributed by atoms with Crippen molar-refractivity contribution >= 4 is 21.8 Å². The van der Waals surface area contributed by atoms with Crippen molar-refractivity contribution in [3.8, 4) is 0 Å². The van der Waals surface area contributed by atoms with Crippen molar-refractivity contribution in [2.24, 2.45) is 0 Å². The molecule has 0 aliphatic heterocycles. The summed E-state index contributed by atoms with van der Waals surface area (Å²) >= 11 is 5.71. The van der Waals surface area contributed by atoms with Gasteiger partial charge >= 0.3 is 6.18 Å². The van der Waals surface area contributed by atoms with Gasteiger partial charge in [-0.1, -0.05) is 23.7 Å². The van der Waals surface area contributed by atoms with Crippen LogP contribution in [-0.2, 0) is 16.6 Å². The Morgan fingerprint density at radius 2 is 1.80 bits per heavy atom. The number of hydrogen-bond donors (Lipinski definition) is 1. The van der Waals surface area contributed by atoms with E-state index >= 15 is 0 Å². The SMILES string of the molecule is CN(CCc1ccc(Cl)cc1)S(=O)(=O)NCC(F)(F)F. The van der Waals surface area contributed by atoms with Gasteiger partial charge in [-0.25, -0.2) is 0 Å². The highest BCUT2D eigenvalue weighted by Gasteiger charge is 2.30. The number of benzene rings is 1. The highest BCUT2D eigenvalue weighted by molar-refractivity contribution is 7.87. The molecule has 0 aliphatic carbocycles. The lowest BCUT2D eigenvalue weighted by Gasteiger charge is -2.18. The second-order valence-electron chi connectivity index (χ2n) is 4.14. The van der Waals surface area contributed by atoms with E-state index in [1.165, 1.54) is 11.8 Å². The van der Waals surface area contributed by atoms with Crippen molar-refractivity contribution in [1.82, 2.24) is 9.03 Å². The van der Waals surface area contributed by atoms with E-state index in [0.717, 1.165) is 9.87 Å². The van der Waals surface area contributed by atoms with Gasteiger partial charge in [0.05, 0.1) is 0 Å². The fourth-order valence-electron chi connectivity index (χ4n) is 1.34. The molecule has 4 nitrogen and oxygen atoms in total. The highest BCUT2D eigenvalue weighted by atomic mass is 35.5. The average molecular weight is 331 g/mol. The van der Waals surface area contributed by atoms with Crippen LogP contribution in [0, 0.1) is 0 Å². The van der Waals surface area contributed by atoms with Gasteiger partial charge in [0.15, 0.2) is 0 Å². The Hall–Kier alpha value is -0.830. The fraction of sp³-hybridized carbons (Fsp3) is 0.455. The van der Waals surface area contributed by atoms with Gasteiger partial charge in [0, 0.05) is 18.6 Å². The minimum atomic E-state index is -4.58. The Kier molecular flexibility index (Phi) is 5.81. The van der Waals surface area contributed by atoms with Gasteiger partial charge in [0.1, 0.15) is 6.54 Å². The van der Waals surface area contributed by atoms with Crippen LogP contribution in [0.1, 0.15) is 5.56 Å². The minimum absolute atomic E-state index is 0.0643. The largest absolute Gasteiger partial charge is 0.402 e. The smallest absolute Gasteiger partial charge is 0.195 e. The molecule has 1 N–H and O–H groups in total. The number of halogens is 4. The first-order valence-corrected chi connectivity index (χ1v) is 7.44. The molecule has 9 heteroatoms. The molecule has 0 saturated heterocycles. The van der Waals surface area contributed by atoms with Crippen LogP contribution in [0.5, 0.6) is 0 Å². The lowest BCUT2D eigenvalue weighted by molar-refractivity contribution is -0.121. The zero-order valence-electron chi connectivity index (χ0n) is 10.6. The lowest BCUT2D eigenvalue weighted by Crippen LogP contribution is -2.43. The first kappa shape index (κ1) is 17.2. The fourth-order valence-corrected chi connectivity index (χ4v) is 2.37. The Morgan fingerprint density at radius 1 is 1.25 bits per heavy atom. The first-order valence-electron chi connectivity index (χ1n) is 5.62. The first-order chi connectivity index (χ1) is 9.10. The number of nitrogens with zero attached hydrogens (tertiary/aromatic N) is 1. The molecule has 0 saturated carbocycles. The molecule has 1 aromatic rings. The van der Waals surface area contributed by atoms with Gasteiger partial charge in [-0.2, -0.15) is 30.6 Å². The van der Waals surface area contributed by atoms with Gasteiger partial charge in [0.25, 0.3) is 10.2 Å². The summed E-state index contributed by atoms with van der Waals surface area (Å²) in [5.74, 6) is 0. The Labute approximate surface area is 120 Å². The Morgan fingerprint density at radius 3 is 2.30 bits per heavy atom. The van der Waals surface area contributed by atoms with E-state index in [1.807, 2.05) is 0 Å². The maximum atomic E-state index is 12.0. The van der Waals surface area contributed by atoms with Gasteiger partial charge < -0.3 is 0 Å². The quantitative estimate of drug-likeness (QED) is 0.869. The Bertz CT molecular complexity index is 532. The number of hydrogen-bond acceptors (Lipinski definition) is 2. The summed E-state index contributed by atoms with van der Waals surface area (Å²) in [7, 11) is -2.92. The summed E-state index contributed by atoms with van der Waals surface area (Å²) in [5, 5.41) is 0.557. The van der Waals surface area contributed by atoms with E-state index in [4.69, 9.17) is 11.6 Å². The molecular weight excluding hydrogens is 317 g/mol. The predicted molar refractivity (Wildman–Crippen MR) is 70.8 cm³/mol. The van der Waals surface area contributed by atoms with E-state index in [-0.39, 0.29) is 6.54 Å². The van der Waals surface area contributed by atoms with Crippen LogP contribution in [0.4, 0.5) is 13.2 Å². The predicted octanol–water partition coefficient (Wildman–Crippen LogP) is 2.21. The maximum Gasteiger partial charge on any atom is 0.402 e. The van der Waals surface area contributed by atoms with E-state index in [2.05, 4.69) is 0 Å². The van der Waals surface area contributed by atoms with Crippen LogP contribution < -0.4 is 4.72 Å². The molecule has 20 heavy (non-hydrogen) atoms. The summed E-state index contributed by atoms with van der Waals surface area (Å²) in [6.07, 6.45) is -4.20. The van der Waals surface area contributed by atoms with Crippen LogP contribution >= 0.6 is 11.6 Å². The van der Waals surface area contributed by atoms with Crippen molar-refractivity contribution in [3.63, 3.8) is 0 Å². The molecule has 0 aromatic heterocycles. The van der Waals surface area contributed by atoms with Crippen LogP contribution in [0.25, 0.3) is 0 Å². The van der Waals surface area contributed by atoms with E-state index in [9.17, 15) is 21.6 Å². The third-order valence-electron chi connectivity index (χ3n) is 2.49. The van der Waals surface area contributed by atoms with Crippen molar-refractivity contribution in [2.75, 3.05) is 20.1 Å². The highest BCUT2D eigenvalue weighted by Crippen LogP contribution is 2.14. The second-order valence-corrected chi connectivity index (χ2v) is 6.44. The van der Waals surface area contributed by atoms with Gasteiger partial charge in [0.2, 0.25) is 0 Å². The van der Waals surface area contributed by atoms with Crippen LogP contribution in [-0.4, -0.2) is 39.0 Å². The molecule has 1 rings (SSSR count). The summed E-state index contributed by atoms with van der Waals surface area (Å²) in [4.78, 5) is 0. The van der Waals surface area contributed by atoms with Crippen molar-refractivity contribution in [3.05, 3.63) is 34.9 Å². The van der Waals surface area contributed by atoms with Gasteiger partial charge in [-0.05, 0) is 24.1 Å². The van der Waals surface area contributed by atoms with Crippen LogP contribution in [0.3, 0.4) is 0 Å². The topological polar surface area (TPSA) is 49.4 Å². The molecule has 0 unspecified atom stereocenters. The van der Waals surface area contributed by atoms with Crippen molar-refractivity contribution in [1.29, 1.82) is 0 Å². The molecule has 0 atom stereocenters. The zero-order chi connectivity index (χ0) is 15.4. The molecule has 0 aliphatic rings. The molecular formula is C11H14ClF3N2O2S. The number of likely N-dealkylation sites (N-methyl/N-ethyl adjacent to an activating group) is 1.